The molecule has 110 valence electrons. The second-order valence-corrected chi connectivity index (χ2v) is 5.94. The van der Waals surface area contributed by atoms with Crippen LogP contribution >= 0.6 is 23.2 Å². The summed E-state index contributed by atoms with van der Waals surface area (Å²) >= 11 is 11.7. The highest BCUT2D eigenvalue weighted by molar-refractivity contribution is 6.42. The molecule has 0 saturated heterocycles. The number of hydrogen-bond donors (Lipinski definition) is 1. The minimum absolute atomic E-state index is 0.0260. The Morgan fingerprint density at radius 1 is 1.05 bits per heavy atom. The predicted octanol–water partition coefficient (Wildman–Crippen LogP) is 5.65. The van der Waals surface area contributed by atoms with Gasteiger partial charge in [0.1, 0.15) is 6.10 Å². The van der Waals surface area contributed by atoms with Crippen molar-refractivity contribution in [2.45, 2.75) is 51.0 Å². The van der Waals surface area contributed by atoms with Crippen molar-refractivity contribution in [1.82, 2.24) is 0 Å². The van der Waals surface area contributed by atoms with Crippen LogP contribution in [-0.4, -0.2) is 12.2 Å². The molecule has 0 spiro atoms. The molecule has 1 aromatic rings. The lowest BCUT2D eigenvalue weighted by atomic mass is 9.99. The summed E-state index contributed by atoms with van der Waals surface area (Å²) in [4.78, 5) is 11.9. The number of amides is 1. The van der Waals surface area contributed by atoms with Gasteiger partial charge in [-0.25, -0.2) is 4.79 Å². The van der Waals surface area contributed by atoms with Crippen LogP contribution in [0.5, 0.6) is 0 Å². The first-order valence-electron chi connectivity index (χ1n) is 7.08. The van der Waals surface area contributed by atoms with Crippen molar-refractivity contribution in [2.24, 2.45) is 0 Å². The molecule has 0 aliphatic heterocycles. The fourth-order valence-electron chi connectivity index (χ4n) is 2.41. The number of benzene rings is 1. The van der Waals surface area contributed by atoms with E-state index in [2.05, 4.69) is 5.32 Å². The van der Waals surface area contributed by atoms with Crippen LogP contribution in [0.15, 0.2) is 18.2 Å². The van der Waals surface area contributed by atoms with Gasteiger partial charge in [-0.2, -0.15) is 0 Å². The molecule has 0 heterocycles. The average Bonchev–Trinajstić information content (AvgIpc) is 2.37. The highest BCUT2D eigenvalue weighted by Gasteiger charge is 2.16. The summed E-state index contributed by atoms with van der Waals surface area (Å²) < 4.78 is 5.47. The van der Waals surface area contributed by atoms with Crippen molar-refractivity contribution in [1.29, 1.82) is 0 Å². The third-order valence-electron chi connectivity index (χ3n) is 3.49. The molecular weight excluding hydrogens is 297 g/mol. The zero-order valence-corrected chi connectivity index (χ0v) is 12.8. The molecule has 0 radical (unpaired) electrons. The summed E-state index contributed by atoms with van der Waals surface area (Å²) in [5.74, 6) is 0. The van der Waals surface area contributed by atoms with E-state index in [0.29, 0.717) is 15.7 Å². The summed E-state index contributed by atoms with van der Waals surface area (Å²) in [6, 6.07) is 4.96. The molecule has 0 bridgehead atoms. The maximum atomic E-state index is 11.9. The Morgan fingerprint density at radius 3 is 2.35 bits per heavy atom. The Morgan fingerprint density at radius 2 is 1.70 bits per heavy atom. The summed E-state index contributed by atoms with van der Waals surface area (Å²) in [5, 5.41) is 3.56. The maximum absolute atomic E-state index is 11.9. The van der Waals surface area contributed by atoms with Crippen LogP contribution in [0.3, 0.4) is 0 Å². The normalized spacial score (nSPS) is 17.1. The summed E-state index contributed by atoms with van der Waals surface area (Å²) in [7, 11) is 0. The number of ether oxygens (including phenoxy) is 1. The van der Waals surface area contributed by atoms with Crippen molar-refractivity contribution >= 4 is 35.0 Å². The van der Waals surface area contributed by atoms with Crippen LogP contribution in [0, 0.1) is 0 Å². The number of halogens is 2. The first-order chi connectivity index (χ1) is 9.65. The number of hydrogen-bond acceptors (Lipinski definition) is 2. The fraction of sp³-hybridized carbons (Fsp3) is 0.533. The standard InChI is InChI=1S/C15H19Cl2NO2/c16-13-9-8-11(10-14(13)17)18-15(19)20-12-6-4-2-1-3-5-7-12/h8-10,12H,1-7H2,(H,18,19). The molecule has 0 atom stereocenters. The number of carbonyl (C=O) groups excluding carboxylic acids is 1. The van der Waals surface area contributed by atoms with Gasteiger partial charge in [0.15, 0.2) is 0 Å². The van der Waals surface area contributed by atoms with Gasteiger partial charge in [0, 0.05) is 5.69 Å². The third kappa shape index (κ3) is 4.88. The monoisotopic (exact) mass is 315 g/mol. The molecule has 1 aliphatic carbocycles. The number of rotatable bonds is 2. The van der Waals surface area contributed by atoms with Crippen molar-refractivity contribution in [3.63, 3.8) is 0 Å². The van der Waals surface area contributed by atoms with E-state index in [-0.39, 0.29) is 6.10 Å². The molecule has 1 aromatic carbocycles. The quantitative estimate of drug-likeness (QED) is 0.765. The van der Waals surface area contributed by atoms with Gasteiger partial charge in [0.2, 0.25) is 0 Å². The van der Waals surface area contributed by atoms with Gasteiger partial charge in [-0.1, -0.05) is 42.5 Å². The molecule has 1 amide bonds. The van der Waals surface area contributed by atoms with E-state index in [4.69, 9.17) is 27.9 Å². The molecule has 1 saturated carbocycles. The van der Waals surface area contributed by atoms with E-state index in [1.54, 1.807) is 18.2 Å². The molecule has 5 heteroatoms. The van der Waals surface area contributed by atoms with E-state index in [1.165, 1.54) is 19.3 Å². The Bertz CT molecular complexity index is 457. The first kappa shape index (κ1) is 15.5. The SMILES string of the molecule is O=C(Nc1ccc(Cl)c(Cl)c1)OC1CCCCCCC1. The Labute approximate surface area is 129 Å². The lowest BCUT2D eigenvalue weighted by molar-refractivity contribution is 0.0933. The number of nitrogens with one attached hydrogen (secondary N) is 1. The van der Waals surface area contributed by atoms with Gasteiger partial charge >= 0.3 is 6.09 Å². The van der Waals surface area contributed by atoms with E-state index in [0.717, 1.165) is 25.7 Å². The minimum Gasteiger partial charge on any atom is -0.446 e. The Kier molecular flexibility index (Phi) is 5.99. The van der Waals surface area contributed by atoms with Crippen LogP contribution in [-0.2, 0) is 4.74 Å². The zero-order valence-electron chi connectivity index (χ0n) is 11.3. The highest BCUT2D eigenvalue weighted by atomic mass is 35.5. The van der Waals surface area contributed by atoms with Crippen LogP contribution in [0.1, 0.15) is 44.9 Å². The van der Waals surface area contributed by atoms with Gasteiger partial charge in [0.05, 0.1) is 10.0 Å². The number of anilines is 1. The second-order valence-electron chi connectivity index (χ2n) is 5.13. The largest absolute Gasteiger partial charge is 0.446 e. The Hall–Kier alpha value is -0.930. The molecule has 1 N–H and O–H groups in total. The summed E-state index contributed by atoms with van der Waals surface area (Å²) in [6.45, 7) is 0. The molecule has 1 fully saturated rings. The fourth-order valence-corrected chi connectivity index (χ4v) is 2.71. The smallest absolute Gasteiger partial charge is 0.411 e. The van der Waals surface area contributed by atoms with Crippen molar-refractivity contribution in [2.75, 3.05) is 5.32 Å². The van der Waals surface area contributed by atoms with E-state index in [1.807, 2.05) is 0 Å². The van der Waals surface area contributed by atoms with Crippen molar-refractivity contribution in [3.05, 3.63) is 28.2 Å². The molecule has 2 rings (SSSR count). The van der Waals surface area contributed by atoms with Gasteiger partial charge in [-0.3, -0.25) is 5.32 Å². The van der Waals surface area contributed by atoms with Gasteiger partial charge in [-0.15, -0.1) is 0 Å². The van der Waals surface area contributed by atoms with E-state index < -0.39 is 6.09 Å². The average molecular weight is 316 g/mol. The van der Waals surface area contributed by atoms with Crippen molar-refractivity contribution < 1.29 is 9.53 Å². The molecule has 0 aromatic heterocycles. The molecule has 0 unspecified atom stereocenters. The van der Waals surface area contributed by atoms with Crippen LogP contribution < -0.4 is 5.32 Å². The first-order valence-corrected chi connectivity index (χ1v) is 7.83. The van der Waals surface area contributed by atoms with Gasteiger partial charge in [-0.05, 0) is 43.9 Å². The highest BCUT2D eigenvalue weighted by Crippen LogP contribution is 2.25. The minimum atomic E-state index is -0.422. The molecular formula is C15H19Cl2NO2. The summed E-state index contributed by atoms with van der Waals surface area (Å²) in [5.41, 5.74) is 0.593. The van der Waals surface area contributed by atoms with Gasteiger partial charge < -0.3 is 4.74 Å². The zero-order chi connectivity index (χ0) is 14.4. The topological polar surface area (TPSA) is 38.3 Å². The lowest BCUT2D eigenvalue weighted by Gasteiger charge is -2.20. The summed E-state index contributed by atoms with van der Waals surface area (Å²) in [6.07, 6.45) is 7.52. The Balaban J connectivity index is 1.85. The van der Waals surface area contributed by atoms with Crippen LogP contribution in [0.25, 0.3) is 0 Å². The van der Waals surface area contributed by atoms with Crippen LogP contribution in [0.2, 0.25) is 10.0 Å². The van der Waals surface area contributed by atoms with Crippen molar-refractivity contribution in [3.8, 4) is 0 Å². The molecule has 3 nitrogen and oxygen atoms in total. The van der Waals surface area contributed by atoms with E-state index >= 15 is 0 Å². The molecule has 1 aliphatic rings. The molecule has 20 heavy (non-hydrogen) atoms. The second kappa shape index (κ2) is 7.75. The lowest BCUT2D eigenvalue weighted by Crippen LogP contribution is -2.23. The third-order valence-corrected chi connectivity index (χ3v) is 4.23. The number of carbonyl (C=O) groups is 1. The van der Waals surface area contributed by atoms with E-state index in [9.17, 15) is 4.79 Å². The predicted molar refractivity (Wildman–Crippen MR) is 82.7 cm³/mol. The van der Waals surface area contributed by atoms with Gasteiger partial charge in [0.25, 0.3) is 0 Å². The van der Waals surface area contributed by atoms with Crippen LogP contribution in [0.4, 0.5) is 10.5 Å². The maximum Gasteiger partial charge on any atom is 0.411 e.